The van der Waals surface area contributed by atoms with Crippen molar-refractivity contribution < 1.29 is 9.18 Å². The van der Waals surface area contributed by atoms with Crippen molar-refractivity contribution in [3.63, 3.8) is 0 Å². The molecule has 1 atom stereocenters. The lowest BCUT2D eigenvalue weighted by atomic mass is 9.97. The maximum atomic E-state index is 14.0. The van der Waals surface area contributed by atoms with Crippen LogP contribution >= 0.6 is 15.9 Å². The molecule has 1 amide bonds. The number of nitrogens with one attached hydrogen (secondary N) is 1. The van der Waals surface area contributed by atoms with Gasteiger partial charge >= 0.3 is 0 Å². The van der Waals surface area contributed by atoms with Crippen molar-refractivity contribution in [2.24, 2.45) is 0 Å². The Morgan fingerprint density at radius 3 is 2.94 bits per heavy atom. The summed E-state index contributed by atoms with van der Waals surface area (Å²) in [4.78, 5) is 11.3. The SMILES string of the molecule is CCCCC(Br)c1cc2c(cc1F)NC(=O)CC2. The molecule has 1 heterocycles. The van der Waals surface area contributed by atoms with Crippen molar-refractivity contribution in [1.29, 1.82) is 0 Å². The van der Waals surface area contributed by atoms with Crippen LogP contribution < -0.4 is 5.32 Å². The van der Waals surface area contributed by atoms with Crippen molar-refractivity contribution in [2.45, 2.75) is 43.9 Å². The number of hydrogen-bond donors (Lipinski definition) is 1. The van der Waals surface area contributed by atoms with Crippen LogP contribution in [0.5, 0.6) is 0 Å². The molecule has 0 aliphatic carbocycles. The van der Waals surface area contributed by atoms with Gasteiger partial charge in [0.2, 0.25) is 5.91 Å². The minimum Gasteiger partial charge on any atom is -0.326 e. The molecule has 98 valence electrons. The highest BCUT2D eigenvalue weighted by atomic mass is 79.9. The van der Waals surface area contributed by atoms with Crippen molar-refractivity contribution in [3.8, 4) is 0 Å². The van der Waals surface area contributed by atoms with E-state index in [4.69, 9.17) is 0 Å². The third-order valence-corrected chi connectivity index (χ3v) is 4.22. The average Bonchev–Trinajstić information content (AvgIpc) is 2.35. The summed E-state index contributed by atoms with van der Waals surface area (Å²) in [6, 6.07) is 3.33. The first-order valence-corrected chi connectivity index (χ1v) is 7.29. The molecule has 2 rings (SSSR count). The molecule has 1 aliphatic rings. The summed E-state index contributed by atoms with van der Waals surface area (Å²) in [5, 5.41) is 2.72. The number of benzene rings is 1. The first-order valence-electron chi connectivity index (χ1n) is 6.38. The fourth-order valence-corrected chi connectivity index (χ4v) is 2.87. The van der Waals surface area contributed by atoms with Crippen molar-refractivity contribution >= 4 is 27.5 Å². The number of fused-ring (bicyclic) bond motifs is 1. The number of rotatable bonds is 4. The Morgan fingerprint density at radius 2 is 2.22 bits per heavy atom. The van der Waals surface area contributed by atoms with E-state index in [1.165, 1.54) is 6.07 Å². The summed E-state index contributed by atoms with van der Waals surface area (Å²) in [5.74, 6) is -0.273. The van der Waals surface area contributed by atoms with Gasteiger partial charge in [-0.2, -0.15) is 0 Å². The highest BCUT2D eigenvalue weighted by molar-refractivity contribution is 9.09. The molecule has 1 aromatic rings. The predicted molar refractivity (Wildman–Crippen MR) is 74.5 cm³/mol. The van der Waals surface area contributed by atoms with Gasteiger partial charge in [0.25, 0.3) is 0 Å². The summed E-state index contributed by atoms with van der Waals surface area (Å²) < 4.78 is 14.0. The summed E-state index contributed by atoms with van der Waals surface area (Å²) in [5.41, 5.74) is 2.37. The molecule has 2 nitrogen and oxygen atoms in total. The summed E-state index contributed by atoms with van der Waals surface area (Å²) in [7, 11) is 0. The van der Waals surface area contributed by atoms with Crippen LogP contribution in [0.1, 0.15) is 48.6 Å². The Kier molecular flexibility index (Phi) is 4.38. The normalized spacial score (nSPS) is 16.1. The molecule has 1 N–H and O–H groups in total. The zero-order chi connectivity index (χ0) is 13.1. The fourth-order valence-electron chi connectivity index (χ4n) is 2.20. The van der Waals surface area contributed by atoms with Gasteiger partial charge in [-0.3, -0.25) is 4.79 Å². The molecule has 18 heavy (non-hydrogen) atoms. The number of aryl methyl sites for hydroxylation is 1. The second-order valence-electron chi connectivity index (χ2n) is 4.69. The molecule has 0 bridgehead atoms. The van der Waals surface area contributed by atoms with Crippen LogP contribution in [-0.2, 0) is 11.2 Å². The molecule has 1 aromatic carbocycles. The molecular weight excluding hydrogens is 297 g/mol. The number of carbonyl (C=O) groups excluding carboxylic acids is 1. The van der Waals surface area contributed by atoms with Crippen molar-refractivity contribution in [1.82, 2.24) is 0 Å². The van der Waals surface area contributed by atoms with Crippen LogP contribution in [0.25, 0.3) is 0 Å². The Balaban J connectivity index is 2.24. The van der Waals surface area contributed by atoms with E-state index in [-0.39, 0.29) is 16.6 Å². The third kappa shape index (κ3) is 2.91. The molecule has 0 radical (unpaired) electrons. The first kappa shape index (κ1) is 13.5. The number of halogens is 2. The quantitative estimate of drug-likeness (QED) is 0.823. The van der Waals surface area contributed by atoms with Crippen LogP contribution in [0.2, 0.25) is 0 Å². The maximum Gasteiger partial charge on any atom is 0.224 e. The number of amides is 1. The third-order valence-electron chi connectivity index (χ3n) is 3.27. The number of anilines is 1. The second-order valence-corrected chi connectivity index (χ2v) is 5.79. The van der Waals surface area contributed by atoms with E-state index < -0.39 is 0 Å². The zero-order valence-corrected chi connectivity index (χ0v) is 12.0. The van der Waals surface area contributed by atoms with E-state index in [0.29, 0.717) is 24.1 Å². The number of carbonyl (C=O) groups is 1. The van der Waals surface area contributed by atoms with Crippen LogP contribution in [0, 0.1) is 5.82 Å². The van der Waals surface area contributed by atoms with E-state index in [9.17, 15) is 9.18 Å². The molecule has 0 spiro atoms. The molecule has 1 aliphatic heterocycles. The smallest absolute Gasteiger partial charge is 0.224 e. The van der Waals surface area contributed by atoms with Gasteiger partial charge in [0, 0.05) is 22.5 Å². The minimum absolute atomic E-state index is 0.0315. The average molecular weight is 314 g/mol. The molecule has 1 unspecified atom stereocenters. The second kappa shape index (κ2) is 5.83. The number of alkyl halides is 1. The highest BCUT2D eigenvalue weighted by Crippen LogP contribution is 2.34. The molecule has 0 saturated heterocycles. The zero-order valence-electron chi connectivity index (χ0n) is 10.4. The summed E-state index contributed by atoms with van der Waals surface area (Å²) in [6.45, 7) is 2.12. The summed E-state index contributed by atoms with van der Waals surface area (Å²) in [6.07, 6.45) is 4.29. The lowest BCUT2D eigenvalue weighted by molar-refractivity contribution is -0.116. The highest BCUT2D eigenvalue weighted by Gasteiger charge is 2.20. The Morgan fingerprint density at radius 1 is 1.44 bits per heavy atom. The van der Waals surface area contributed by atoms with Gasteiger partial charge in [-0.05, 0) is 30.5 Å². The molecule has 4 heteroatoms. The maximum absolute atomic E-state index is 14.0. The molecule has 0 fully saturated rings. The van der Waals surface area contributed by atoms with Gasteiger partial charge in [0.15, 0.2) is 0 Å². The Hall–Kier alpha value is -0.900. The number of unbranched alkanes of at least 4 members (excludes halogenated alkanes) is 1. The lowest BCUT2D eigenvalue weighted by Gasteiger charge is -2.20. The van der Waals surface area contributed by atoms with E-state index in [1.54, 1.807) is 0 Å². The fraction of sp³-hybridized carbons (Fsp3) is 0.500. The van der Waals surface area contributed by atoms with E-state index >= 15 is 0 Å². The molecule has 0 aromatic heterocycles. The van der Waals surface area contributed by atoms with Crippen LogP contribution in [0.4, 0.5) is 10.1 Å². The summed E-state index contributed by atoms with van der Waals surface area (Å²) >= 11 is 3.55. The van der Waals surface area contributed by atoms with Crippen LogP contribution in [0.3, 0.4) is 0 Å². The van der Waals surface area contributed by atoms with Crippen molar-refractivity contribution in [2.75, 3.05) is 5.32 Å². The lowest BCUT2D eigenvalue weighted by Crippen LogP contribution is -2.19. The number of hydrogen-bond acceptors (Lipinski definition) is 1. The Bertz CT molecular complexity index is 461. The molecule has 0 saturated carbocycles. The van der Waals surface area contributed by atoms with Crippen LogP contribution in [0.15, 0.2) is 12.1 Å². The van der Waals surface area contributed by atoms with Gasteiger partial charge in [-0.25, -0.2) is 4.39 Å². The Labute approximate surface area is 115 Å². The van der Waals surface area contributed by atoms with Gasteiger partial charge in [0.1, 0.15) is 5.82 Å². The van der Waals surface area contributed by atoms with Crippen molar-refractivity contribution in [3.05, 3.63) is 29.1 Å². The first-order chi connectivity index (χ1) is 8.61. The predicted octanol–water partition coefficient (Wildman–Crippen LogP) is 4.34. The van der Waals surface area contributed by atoms with E-state index in [1.807, 2.05) is 6.07 Å². The van der Waals surface area contributed by atoms with E-state index in [2.05, 4.69) is 28.2 Å². The van der Waals surface area contributed by atoms with Crippen LogP contribution in [-0.4, -0.2) is 5.91 Å². The topological polar surface area (TPSA) is 29.1 Å². The van der Waals surface area contributed by atoms with Gasteiger partial charge in [-0.15, -0.1) is 0 Å². The van der Waals surface area contributed by atoms with E-state index in [0.717, 1.165) is 24.8 Å². The molecular formula is C14H17BrFNO. The minimum atomic E-state index is -0.242. The largest absolute Gasteiger partial charge is 0.326 e. The monoisotopic (exact) mass is 313 g/mol. The van der Waals surface area contributed by atoms with Gasteiger partial charge < -0.3 is 5.32 Å². The van der Waals surface area contributed by atoms with Gasteiger partial charge in [-0.1, -0.05) is 35.7 Å². The standard InChI is InChI=1S/C14H17BrFNO/c1-2-3-4-11(15)10-7-9-5-6-14(18)17-13(9)8-12(10)16/h7-8,11H,2-6H2,1H3,(H,17,18). The van der Waals surface area contributed by atoms with Gasteiger partial charge in [0.05, 0.1) is 0 Å².